The van der Waals surface area contributed by atoms with Gasteiger partial charge in [-0.2, -0.15) is 0 Å². The molecule has 0 aliphatic carbocycles. The first-order valence-corrected chi connectivity index (χ1v) is 8.55. The van der Waals surface area contributed by atoms with E-state index in [1.807, 2.05) is 0 Å². The fraction of sp³-hybridized carbons (Fsp3) is 0.824. The van der Waals surface area contributed by atoms with Crippen LogP contribution in [0.3, 0.4) is 0 Å². The van der Waals surface area contributed by atoms with Gasteiger partial charge in [0, 0.05) is 18.5 Å². The van der Waals surface area contributed by atoms with E-state index in [2.05, 4.69) is 24.5 Å². The molecule has 1 rings (SSSR count). The SMILES string of the molecule is CC[C@@H]1O[C@]1(C(=O)O)C(=O)NC(C)(C)CCC(=O)NCCC(C)C. The predicted octanol–water partition coefficient (Wildman–Crippen LogP) is 1.46. The quantitative estimate of drug-likeness (QED) is 0.411. The standard InChI is InChI=1S/C17H30N2O5/c1-6-12-17(24-12,15(22)23)14(21)19-16(4,5)9-7-13(20)18-10-8-11(2)3/h11-12H,6-10H2,1-5H3,(H,18,20)(H,19,21)(H,22,23)/t12-,17-/m0/s1. The van der Waals surface area contributed by atoms with Crippen molar-refractivity contribution in [1.29, 1.82) is 0 Å². The van der Waals surface area contributed by atoms with Gasteiger partial charge < -0.3 is 20.5 Å². The summed E-state index contributed by atoms with van der Waals surface area (Å²) in [5.74, 6) is -1.46. The zero-order valence-electron chi connectivity index (χ0n) is 15.3. The van der Waals surface area contributed by atoms with E-state index in [-0.39, 0.29) is 12.3 Å². The predicted molar refractivity (Wildman–Crippen MR) is 89.5 cm³/mol. The van der Waals surface area contributed by atoms with E-state index in [9.17, 15) is 19.5 Å². The molecule has 1 heterocycles. The number of carbonyl (C=O) groups excluding carboxylic acids is 2. The molecule has 24 heavy (non-hydrogen) atoms. The second kappa shape index (κ2) is 7.96. The lowest BCUT2D eigenvalue weighted by Crippen LogP contribution is -2.53. The van der Waals surface area contributed by atoms with Crippen LogP contribution in [0.1, 0.15) is 60.3 Å². The number of carboxylic acid groups (broad SMARTS) is 1. The summed E-state index contributed by atoms with van der Waals surface area (Å²) in [7, 11) is 0. The number of epoxide rings is 1. The van der Waals surface area contributed by atoms with Crippen molar-refractivity contribution in [2.45, 2.75) is 77.5 Å². The Hall–Kier alpha value is -1.63. The Labute approximate surface area is 143 Å². The molecular weight excluding hydrogens is 312 g/mol. The van der Waals surface area contributed by atoms with Crippen LogP contribution >= 0.6 is 0 Å². The van der Waals surface area contributed by atoms with Crippen LogP contribution in [0.2, 0.25) is 0 Å². The maximum atomic E-state index is 12.3. The number of carbonyl (C=O) groups is 3. The van der Waals surface area contributed by atoms with Gasteiger partial charge in [-0.1, -0.05) is 20.8 Å². The molecule has 0 unspecified atom stereocenters. The highest BCUT2D eigenvalue weighted by Crippen LogP contribution is 2.40. The van der Waals surface area contributed by atoms with Crippen LogP contribution in [0.5, 0.6) is 0 Å². The van der Waals surface area contributed by atoms with Crippen molar-refractivity contribution in [3.63, 3.8) is 0 Å². The van der Waals surface area contributed by atoms with Crippen LogP contribution in [0.4, 0.5) is 0 Å². The first-order valence-electron chi connectivity index (χ1n) is 8.55. The average molecular weight is 342 g/mol. The van der Waals surface area contributed by atoms with Gasteiger partial charge in [-0.15, -0.1) is 0 Å². The number of nitrogens with one attached hydrogen (secondary N) is 2. The lowest BCUT2D eigenvalue weighted by molar-refractivity contribution is -0.149. The highest BCUT2D eigenvalue weighted by molar-refractivity contribution is 6.09. The number of ether oxygens (including phenoxy) is 1. The zero-order chi connectivity index (χ0) is 18.5. The van der Waals surface area contributed by atoms with Gasteiger partial charge >= 0.3 is 5.97 Å². The monoisotopic (exact) mass is 342 g/mol. The van der Waals surface area contributed by atoms with Gasteiger partial charge in [0.2, 0.25) is 5.91 Å². The van der Waals surface area contributed by atoms with Crippen LogP contribution < -0.4 is 10.6 Å². The molecule has 0 aromatic rings. The highest BCUT2D eigenvalue weighted by Gasteiger charge is 2.68. The van der Waals surface area contributed by atoms with E-state index in [4.69, 9.17) is 4.74 Å². The number of hydrogen-bond donors (Lipinski definition) is 3. The van der Waals surface area contributed by atoms with Crippen LogP contribution in [0.25, 0.3) is 0 Å². The van der Waals surface area contributed by atoms with E-state index >= 15 is 0 Å². The molecule has 0 spiro atoms. The van der Waals surface area contributed by atoms with E-state index in [1.54, 1.807) is 20.8 Å². The zero-order valence-corrected chi connectivity index (χ0v) is 15.3. The summed E-state index contributed by atoms with van der Waals surface area (Å²) < 4.78 is 5.13. The second-order valence-electron chi connectivity index (χ2n) is 7.43. The van der Waals surface area contributed by atoms with Crippen molar-refractivity contribution >= 4 is 17.8 Å². The summed E-state index contributed by atoms with van der Waals surface area (Å²) in [6.07, 6.45) is 1.47. The van der Waals surface area contributed by atoms with Crippen molar-refractivity contribution in [3.05, 3.63) is 0 Å². The Morgan fingerprint density at radius 1 is 1.29 bits per heavy atom. The molecule has 3 N–H and O–H groups in total. The molecule has 2 atom stereocenters. The molecule has 0 aromatic heterocycles. The summed E-state index contributed by atoms with van der Waals surface area (Å²) >= 11 is 0. The van der Waals surface area contributed by atoms with Crippen molar-refractivity contribution < 1.29 is 24.2 Å². The van der Waals surface area contributed by atoms with Gasteiger partial charge in [0.1, 0.15) is 6.10 Å². The number of amides is 2. The second-order valence-corrected chi connectivity index (χ2v) is 7.43. The maximum Gasteiger partial charge on any atom is 0.348 e. The summed E-state index contributed by atoms with van der Waals surface area (Å²) in [5.41, 5.74) is -2.47. The molecule has 0 radical (unpaired) electrons. The summed E-state index contributed by atoms with van der Waals surface area (Å²) in [5, 5.41) is 14.8. The van der Waals surface area contributed by atoms with Crippen LogP contribution in [-0.2, 0) is 19.1 Å². The van der Waals surface area contributed by atoms with E-state index in [1.165, 1.54) is 0 Å². The number of rotatable bonds is 10. The van der Waals surface area contributed by atoms with Crippen molar-refractivity contribution in [3.8, 4) is 0 Å². The maximum absolute atomic E-state index is 12.3. The fourth-order valence-corrected chi connectivity index (χ4v) is 2.52. The average Bonchev–Trinajstić information content (AvgIpc) is 3.20. The third kappa shape index (κ3) is 5.19. The van der Waals surface area contributed by atoms with Gasteiger partial charge in [0.15, 0.2) is 0 Å². The van der Waals surface area contributed by atoms with E-state index in [0.29, 0.717) is 25.3 Å². The first-order chi connectivity index (χ1) is 11.0. The Morgan fingerprint density at radius 2 is 1.92 bits per heavy atom. The Morgan fingerprint density at radius 3 is 2.38 bits per heavy atom. The Bertz CT molecular complexity index is 489. The number of carboxylic acids is 1. The smallest absolute Gasteiger partial charge is 0.348 e. The molecule has 1 saturated heterocycles. The number of hydrogen-bond acceptors (Lipinski definition) is 4. The normalized spacial score (nSPS) is 23.0. The fourth-order valence-electron chi connectivity index (χ4n) is 2.52. The summed E-state index contributed by atoms with van der Waals surface area (Å²) in [6.45, 7) is 10.1. The molecule has 0 bridgehead atoms. The largest absolute Gasteiger partial charge is 0.479 e. The summed E-state index contributed by atoms with van der Waals surface area (Å²) in [6, 6.07) is 0. The molecule has 1 aliphatic rings. The van der Waals surface area contributed by atoms with Crippen LogP contribution in [0.15, 0.2) is 0 Å². The van der Waals surface area contributed by atoms with Gasteiger partial charge in [0.05, 0.1) is 0 Å². The molecule has 0 saturated carbocycles. The molecule has 2 amide bonds. The minimum Gasteiger partial charge on any atom is -0.479 e. The molecule has 138 valence electrons. The molecule has 1 aliphatic heterocycles. The lowest BCUT2D eigenvalue weighted by Gasteiger charge is -2.27. The minimum absolute atomic E-state index is 0.0694. The molecule has 7 heteroatoms. The molecular formula is C17H30N2O5. The lowest BCUT2D eigenvalue weighted by atomic mass is 9.95. The Balaban J connectivity index is 2.47. The number of aliphatic carboxylic acids is 1. The molecule has 0 aromatic carbocycles. The van der Waals surface area contributed by atoms with Gasteiger partial charge in [-0.05, 0) is 39.0 Å². The van der Waals surface area contributed by atoms with Crippen molar-refractivity contribution in [2.24, 2.45) is 5.92 Å². The van der Waals surface area contributed by atoms with Gasteiger partial charge in [-0.3, -0.25) is 9.59 Å². The van der Waals surface area contributed by atoms with Crippen molar-refractivity contribution in [2.75, 3.05) is 6.54 Å². The third-order valence-corrected chi connectivity index (χ3v) is 4.22. The van der Waals surface area contributed by atoms with Crippen LogP contribution in [-0.4, -0.2) is 46.7 Å². The molecule has 1 fully saturated rings. The van der Waals surface area contributed by atoms with E-state index < -0.39 is 29.1 Å². The third-order valence-electron chi connectivity index (χ3n) is 4.22. The first kappa shape index (κ1) is 20.4. The van der Waals surface area contributed by atoms with Crippen LogP contribution in [0, 0.1) is 5.92 Å². The minimum atomic E-state index is -1.77. The van der Waals surface area contributed by atoms with E-state index in [0.717, 1.165) is 6.42 Å². The summed E-state index contributed by atoms with van der Waals surface area (Å²) in [4.78, 5) is 35.5. The van der Waals surface area contributed by atoms with Crippen molar-refractivity contribution in [1.82, 2.24) is 10.6 Å². The topological polar surface area (TPSA) is 108 Å². The Kier molecular flexibility index (Phi) is 6.77. The van der Waals surface area contributed by atoms with Gasteiger partial charge in [-0.25, -0.2) is 4.79 Å². The van der Waals surface area contributed by atoms with Gasteiger partial charge in [0.25, 0.3) is 11.5 Å². The highest BCUT2D eigenvalue weighted by atomic mass is 16.6. The molecule has 7 nitrogen and oxygen atoms in total.